The van der Waals surface area contributed by atoms with Crippen LogP contribution in [0.1, 0.15) is 50.7 Å². The predicted octanol–water partition coefficient (Wildman–Crippen LogP) is 4.11. The van der Waals surface area contributed by atoms with Gasteiger partial charge in [0.05, 0.1) is 6.10 Å². The molecule has 1 heteroatoms. The van der Waals surface area contributed by atoms with Crippen molar-refractivity contribution in [2.45, 2.75) is 59.0 Å². The van der Waals surface area contributed by atoms with Gasteiger partial charge in [-0.15, -0.1) is 0 Å². The maximum Gasteiger partial charge on any atom is 0.0608 e. The van der Waals surface area contributed by atoms with E-state index in [1.807, 2.05) is 0 Å². The quantitative estimate of drug-likeness (QED) is 0.850. The van der Waals surface area contributed by atoms with Crippen molar-refractivity contribution in [2.24, 2.45) is 11.3 Å². The van der Waals surface area contributed by atoms with Crippen LogP contribution in [-0.2, 0) is 6.42 Å². The molecule has 1 aliphatic carbocycles. The molecule has 0 spiro atoms. The molecule has 0 radical (unpaired) electrons. The third-order valence-corrected chi connectivity index (χ3v) is 4.46. The average Bonchev–Trinajstić information content (AvgIpc) is 2.28. The first-order valence-electron chi connectivity index (χ1n) is 7.20. The number of hydrogen-bond acceptors (Lipinski definition) is 1. The summed E-state index contributed by atoms with van der Waals surface area (Å²) in [4.78, 5) is 0. The maximum absolute atomic E-state index is 10.4. The lowest BCUT2D eigenvalue weighted by molar-refractivity contribution is 0.0576. The highest BCUT2D eigenvalue weighted by Crippen LogP contribution is 2.39. The fraction of sp³-hybridized carbons (Fsp3) is 0.647. The zero-order valence-corrected chi connectivity index (χ0v) is 11.9. The third kappa shape index (κ3) is 3.58. The van der Waals surface area contributed by atoms with Crippen molar-refractivity contribution >= 4 is 0 Å². The number of hydrogen-bond donors (Lipinski definition) is 1. The molecule has 0 aliphatic heterocycles. The van der Waals surface area contributed by atoms with Gasteiger partial charge in [-0.1, -0.05) is 43.7 Å². The van der Waals surface area contributed by atoms with Crippen LogP contribution in [0.2, 0.25) is 0 Å². The molecular weight excluding hydrogens is 220 g/mol. The summed E-state index contributed by atoms with van der Waals surface area (Å²) in [6, 6.07) is 8.51. The molecule has 1 aliphatic rings. The van der Waals surface area contributed by atoms with Crippen LogP contribution >= 0.6 is 0 Å². The summed E-state index contributed by atoms with van der Waals surface area (Å²) in [6.45, 7) is 6.80. The number of rotatable bonds is 3. The Morgan fingerprint density at radius 3 is 2.56 bits per heavy atom. The van der Waals surface area contributed by atoms with Crippen molar-refractivity contribution < 1.29 is 5.11 Å². The molecule has 2 rings (SSSR count). The first-order valence-corrected chi connectivity index (χ1v) is 7.20. The lowest BCUT2D eigenvalue weighted by Gasteiger charge is -2.36. The van der Waals surface area contributed by atoms with E-state index in [-0.39, 0.29) is 6.10 Å². The standard InChI is InChI=1S/C17H26O/c1-13-5-4-6-14(11-13)12-16(18)15-7-9-17(2,3)10-8-15/h4-6,11,15-16,18H,7-10,12H2,1-3H3. The molecule has 1 aromatic rings. The van der Waals surface area contributed by atoms with Gasteiger partial charge in [-0.3, -0.25) is 0 Å². The predicted molar refractivity (Wildman–Crippen MR) is 76.6 cm³/mol. The van der Waals surface area contributed by atoms with Crippen LogP contribution in [0.5, 0.6) is 0 Å². The van der Waals surface area contributed by atoms with Gasteiger partial charge in [-0.2, -0.15) is 0 Å². The molecule has 1 saturated carbocycles. The second kappa shape index (κ2) is 5.44. The van der Waals surface area contributed by atoms with Gasteiger partial charge in [0.2, 0.25) is 0 Å². The summed E-state index contributed by atoms with van der Waals surface area (Å²) < 4.78 is 0. The zero-order chi connectivity index (χ0) is 13.2. The van der Waals surface area contributed by atoms with E-state index in [9.17, 15) is 5.11 Å². The average molecular weight is 246 g/mol. The van der Waals surface area contributed by atoms with Crippen molar-refractivity contribution in [3.63, 3.8) is 0 Å². The van der Waals surface area contributed by atoms with Crippen molar-refractivity contribution in [1.29, 1.82) is 0 Å². The largest absolute Gasteiger partial charge is 0.392 e. The van der Waals surface area contributed by atoms with Crippen molar-refractivity contribution in [2.75, 3.05) is 0 Å². The van der Waals surface area contributed by atoms with Crippen molar-refractivity contribution in [3.8, 4) is 0 Å². The normalized spacial score (nSPS) is 21.8. The Kier molecular flexibility index (Phi) is 4.11. The van der Waals surface area contributed by atoms with Gasteiger partial charge in [-0.05, 0) is 55.9 Å². The minimum Gasteiger partial charge on any atom is -0.392 e. The van der Waals surface area contributed by atoms with E-state index in [0.29, 0.717) is 11.3 Å². The smallest absolute Gasteiger partial charge is 0.0608 e. The van der Waals surface area contributed by atoms with Gasteiger partial charge in [-0.25, -0.2) is 0 Å². The molecule has 1 aromatic carbocycles. The van der Waals surface area contributed by atoms with E-state index >= 15 is 0 Å². The van der Waals surface area contributed by atoms with Crippen LogP contribution in [0.4, 0.5) is 0 Å². The Balaban J connectivity index is 1.91. The van der Waals surface area contributed by atoms with E-state index in [1.54, 1.807) is 0 Å². The summed E-state index contributed by atoms with van der Waals surface area (Å²) in [5.41, 5.74) is 3.04. The van der Waals surface area contributed by atoms with Crippen molar-refractivity contribution in [1.82, 2.24) is 0 Å². The third-order valence-electron chi connectivity index (χ3n) is 4.46. The topological polar surface area (TPSA) is 20.2 Å². The molecule has 1 atom stereocenters. The first kappa shape index (κ1) is 13.6. The SMILES string of the molecule is Cc1cccc(CC(O)C2CCC(C)(C)CC2)c1. The summed E-state index contributed by atoms with van der Waals surface area (Å²) in [6.07, 6.45) is 5.51. The van der Waals surface area contributed by atoms with Crippen LogP contribution < -0.4 is 0 Å². The molecule has 1 N–H and O–H groups in total. The Labute approximate surface area is 111 Å². The molecule has 18 heavy (non-hydrogen) atoms. The van der Waals surface area contributed by atoms with Gasteiger partial charge in [0, 0.05) is 0 Å². The molecule has 100 valence electrons. The molecule has 0 aromatic heterocycles. The second-order valence-corrected chi connectivity index (χ2v) is 6.76. The fourth-order valence-electron chi connectivity index (χ4n) is 3.05. The minimum atomic E-state index is -0.164. The van der Waals surface area contributed by atoms with E-state index < -0.39 is 0 Å². The highest BCUT2D eigenvalue weighted by atomic mass is 16.3. The van der Waals surface area contributed by atoms with Gasteiger partial charge >= 0.3 is 0 Å². The zero-order valence-electron chi connectivity index (χ0n) is 11.9. The van der Waals surface area contributed by atoms with E-state index in [4.69, 9.17) is 0 Å². The number of benzene rings is 1. The lowest BCUT2D eigenvalue weighted by Crippen LogP contribution is -2.30. The summed E-state index contributed by atoms with van der Waals surface area (Å²) in [7, 11) is 0. The van der Waals surface area contributed by atoms with Gasteiger partial charge in [0.25, 0.3) is 0 Å². The minimum absolute atomic E-state index is 0.164. The van der Waals surface area contributed by atoms with Gasteiger partial charge in [0.15, 0.2) is 0 Å². The molecule has 1 fully saturated rings. The molecule has 0 amide bonds. The lowest BCUT2D eigenvalue weighted by atomic mass is 9.71. The van der Waals surface area contributed by atoms with Crippen LogP contribution in [0, 0.1) is 18.3 Å². The fourth-order valence-corrected chi connectivity index (χ4v) is 3.05. The molecular formula is C17H26O. The Bertz CT molecular complexity index is 384. The number of aliphatic hydroxyl groups is 1. The van der Waals surface area contributed by atoms with E-state index in [2.05, 4.69) is 45.0 Å². The highest BCUT2D eigenvalue weighted by molar-refractivity contribution is 5.22. The maximum atomic E-state index is 10.4. The Hall–Kier alpha value is -0.820. The van der Waals surface area contributed by atoms with E-state index in [0.717, 1.165) is 6.42 Å². The first-order chi connectivity index (χ1) is 8.46. The second-order valence-electron chi connectivity index (χ2n) is 6.76. The Morgan fingerprint density at radius 1 is 1.28 bits per heavy atom. The van der Waals surface area contributed by atoms with E-state index in [1.165, 1.54) is 36.8 Å². The monoisotopic (exact) mass is 246 g/mol. The van der Waals surface area contributed by atoms with Crippen LogP contribution in [0.15, 0.2) is 24.3 Å². The summed E-state index contributed by atoms with van der Waals surface area (Å²) in [5, 5.41) is 10.4. The van der Waals surface area contributed by atoms with Gasteiger partial charge in [0.1, 0.15) is 0 Å². The molecule has 1 unspecified atom stereocenters. The van der Waals surface area contributed by atoms with Gasteiger partial charge < -0.3 is 5.11 Å². The summed E-state index contributed by atoms with van der Waals surface area (Å²) in [5.74, 6) is 0.499. The highest BCUT2D eigenvalue weighted by Gasteiger charge is 2.30. The Morgan fingerprint density at radius 2 is 1.94 bits per heavy atom. The molecule has 1 nitrogen and oxygen atoms in total. The summed E-state index contributed by atoms with van der Waals surface area (Å²) >= 11 is 0. The van der Waals surface area contributed by atoms with Crippen LogP contribution in [0.3, 0.4) is 0 Å². The molecule has 0 saturated heterocycles. The molecule has 0 heterocycles. The van der Waals surface area contributed by atoms with Crippen LogP contribution in [-0.4, -0.2) is 11.2 Å². The number of aliphatic hydroxyl groups excluding tert-OH is 1. The number of aryl methyl sites for hydroxylation is 1. The van der Waals surface area contributed by atoms with Crippen molar-refractivity contribution in [3.05, 3.63) is 35.4 Å². The molecule has 0 bridgehead atoms. The van der Waals surface area contributed by atoms with Crippen LogP contribution in [0.25, 0.3) is 0 Å².